The van der Waals surface area contributed by atoms with Crippen molar-refractivity contribution in [1.82, 2.24) is 5.32 Å². The second-order valence-electron chi connectivity index (χ2n) is 5.73. The summed E-state index contributed by atoms with van der Waals surface area (Å²) in [6.07, 6.45) is 2.21. The molecule has 1 N–H and O–H groups in total. The van der Waals surface area contributed by atoms with Crippen LogP contribution >= 0.6 is 11.6 Å². The molecule has 1 atom stereocenters. The van der Waals surface area contributed by atoms with Crippen molar-refractivity contribution >= 4 is 23.3 Å². The van der Waals surface area contributed by atoms with Crippen LogP contribution in [0.1, 0.15) is 61.9 Å². The number of fused-ring (bicyclic) bond motifs is 1. The van der Waals surface area contributed by atoms with Gasteiger partial charge in [0.25, 0.3) is 5.91 Å². The summed E-state index contributed by atoms with van der Waals surface area (Å²) in [5, 5.41) is 3.50. The van der Waals surface area contributed by atoms with E-state index in [1.807, 2.05) is 20.8 Å². The Morgan fingerprint density at radius 3 is 2.73 bits per heavy atom. The van der Waals surface area contributed by atoms with Crippen LogP contribution in [-0.4, -0.2) is 24.3 Å². The van der Waals surface area contributed by atoms with Crippen molar-refractivity contribution in [3.8, 4) is 5.75 Å². The van der Waals surface area contributed by atoms with Gasteiger partial charge in [0.1, 0.15) is 5.75 Å². The van der Waals surface area contributed by atoms with E-state index in [2.05, 4.69) is 5.32 Å². The standard InChI is InChI=1S/C17H22ClNO3/c1-4-11(5-2)19-15(21)9-22-14-7-6-12(18)16-10(3)8-13(20)17(14)16/h6-7,10-11H,4-5,8-9H2,1-3H3,(H,19,21). The Labute approximate surface area is 136 Å². The van der Waals surface area contributed by atoms with Crippen LogP contribution in [0.4, 0.5) is 0 Å². The molecule has 4 nitrogen and oxygen atoms in total. The fourth-order valence-corrected chi connectivity index (χ4v) is 3.20. The summed E-state index contributed by atoms with van der Waals surface area (Å²) < 4.78 is 5.58. The van der Waals surface area contributed by atoms with Crippen LogP contribution in [-0.2, 0) is 4.79 Å². The number of halogens is 1. The van der Waals surface area contributed by atoms with Gasteiger partial charge in [-0.1, -0.05) is 32.4 Å². The predicted octanol–water partition coefficient (Wildman–Crippen LogP) is 3.71. The quantitative estimate of drug-likeness (QED) is 0.868. The summed E-state index contributed by atoms with van der Waals surface area (Å²) in [4.78, 5) is 24.0. The Hall–Kier alpha value is -1.55. The zero-order chi connectivity index (χ0) is 16.3. The average molecular weight is 324 g/mol. The number of rotatable bonds is 6. The third-order valence-electron chi connectivity index (χ3n) is 4.13. The van der Waals surface area contributed by atoms with E-state index >= 15 is 0 Å². The number of benzene rings is 1. The molecule has 5 heteroatoms. The molecule has 120 valence electrons. The van der Waals surface area contributed by atoms with Gasteiger partial charge in [-0.2, -0.15) is 0 Å². The first-order valence-electron chi connectivity index (χ1n) is 7.75. The van der Waals surface area contributed by atoms with Crippen LogP contribution in [0.5, 0.6) is 5.75 Å². The number of ketones is 1. The number of hydrogen-bond acceptors (Lipinski definition) is 3. The minimum atomic E-state index is -0.170. The highest BCUT2D eigenvalue weighted by atomic mass is 35.5. The summed E-state index contributed by atoms with van der Waals surface area (Å²) in [6.45, 7) is 5.94. The number of amides is 1. The summed E-state index contributed by atoms with van der Waals surface area (Å²) in [7, 11) is 0. The molecule has 1 unspecified atom stereocenters. The molecule has 0 saturated carbocycles. The number of Topliss-reactive ketones (excluding diaryl/α,β-unsaturated/α-hetero) is 1. The number of nitrogens with one attached hydrogen (secondary N) is 1. The van der Waals surface area contributed by atoms with E-state index in [4.69, 9.17) is 16.3 Å². The van der Waals surface area contributed by atoms with E-state index in [1.165, 1.54) is 0 Å². The van der Waals surface area contributed by atoms with E-state index in [-0.39, 0.29) is 30.3 Å². The molecule has 0 aliphatic heterocycles. The van der Waals surface area contributed by atoms with Gasteiger partial charge in [0.15, 0.2) is 12.4 Å². The van der Waals surface area contributed by atoms with Gasteiger partial charge in [-0.15, -0.1) is 0 Å². The van der Waals surface area contributed by atoms with Crippen molar-refractivity contribution < 1.29 is 14.3 Å². The zero-order valence-corrected chi connectivity index (χ0v) is 14.0. The van der Waals surface area contributed by atoms with Gasteiger partial charge in [0, 0.05) is 17.5 Å². The molecule has 0 radical (unpaired) electrons. The average Bonchev–Trinajstić information content (AvgIpc) is 2.80. The molecule has 0 fully saturated rings. The molecule has 0 bridgehead atoms. The molecule has 0 aromatic heterocycles. The maximum absolute atomic E-state index is 12.1. The van der Waals surface area contributed by atoms with Crippen LogP contribution in [0, 0.1) is 0 Å². The zero-order valence-electron chi connectivity index (χ0n) is 13.2. The lowest BCUT2D eigenvalue weighted by molar-refractivity contribution is -0.123. The fraction of sp³-hybridized carbons (Fsp3) is 0.529. The highest BCUT2D eigenvalue weighted by molar-refractivity contribution is 6.32. The van der Waals surface area contributed by atoms with Gasteiger partial charge in [-0.05, 0) is 36.5 Å². The first-order valence-corrected chi connectivity index (χ1v) is 8.13. The van der Waals surface area contributed by atoms with Crippen molar-refractivity contribution in [2.75, 3.05) is 6.61 Å². The van der Waals surface area contributed by atoms with Gasteiger partial charge in [0.05, 0.1) is 5.56 Å². The van der Waals surface area contributed by atoms with Crippen molar-refractivity contribution in [2.24, 2.45) is 0 Å². The van der Waals surface area contributed by atoms with Crippen molar-refractivity contribution in [3.05, 3.63) is 28.3 Å². The number of carbonyl (C=O) groups excluding carboxylic acids is 2. The highest BCUT2D eigenvalue weighted by Crippen LogP contribution is 2.42. The first kappa shape index (κ1) is 16.8. The van der Waals surface area contributed by atoms with Gasteiger partial charge < -0.3 is 10.1 Å². The second kappa shape index (κ2) is 7.14. The van der Waals surface area contributed by atoms with Crippen molar-refractivity contribution in [3.63, 3.8) is 0 Å². The van der Waals surface area contributed by atoms with E-state index in [9.17, 15) is 9.59 Å². The maximum atomic E-state index is 12.1. The topological polar surface area (TPSA) is 55.4 Å². The van der Waals surface area contributed by atoms with Gasteiger partial charge in [0.2, 0.25) is 0 Å². The van der Waals surface area contributed by atoms with Crippen LogP contribution in [0.3, 0.4) is 0 Å². The third-order valence-corrected chi connectivity index (χ3v) is 4.46. The second-order valence-corrected chi connectivity index (χ2v) is 6.14. The molecule has 1 aliphatic rings. The van der Waals surface area contributed by atoms with E-state index in [1.54, 1.807) is 12.1 Å². The monoisotopic (exact) mass is 323 g/mol. The minimum Gasteiger partial charge on any atom is -0.483 e. The number of hydrogen-bond donors (Lipinski definition) is 1. The van der Waals surface area contributed by atoms with E-state index < -0.39 is 0 Å². The van der Waals surface area contributed by atoms with Crippen molar-refractivity contribution in [2.45, 2.75) is 52.0 Å². The molecular weight excluding hydrogens is 302 g/mol. The summed E-state index contributed by atoms with van der Waals surface area (Å²) in [5.74, 6) is 0.404. The molecule has 1 aromatic carbocycles. The normalized spacial score (nSPS) is 16.8. The lowest BCUT2D eigenvalue weighted by atomic mass is 10.0. The highest BCUT2D eigenvalue weighted by Gasteiger charge is 2.31. The van der Waals surface area contributed by atoms with Crippen molar-refractivity contribution in [1.29, 1.82) is 0 Å². The molecular formula is C17H22ClNO3. The third kappa shape index (κ3) is 3.43. The van der Waals surface area contributed by atoms with Crippen LogP contribution in [0.15, 0.2) is 12.1 Å². The Balaban J connectivity index is 2.09. The van der Waals surface area contributed by atoms with Crippen LogP contribution in [0.25, 0.3) is 0 Å². The largest absolute Gasteiger partial charge is 0.483 e. The Kier molecular flexibility index (Phi) is 5.46. The smallest absolute Gasteiger partial charge is 0.258 e. The van der Waals surface area contributed by atoms with Crippen LogP contribution in [0.2, 0.25) is 5.02 Å². The van der Waals surface area contributed by atoms with Gasteiger partial charge in [-0.25, -0.2) is 0 Å². The van der Waals surface area contributed by atoms with E-state index in [0.29, 0.717) is 22.8 Å². The van der Waals surface area contributed by atoms with Gasteiger partial charge >= 0.3 is 0 Å². The SMILES string of the molecule is CCC(CC)NC(=O)COc1ccc(Cl)c2c1C(=O)CC2C. The lowest BCUT2D eigenvalue weighted by Gasteiger charge is -2.16. The molecule has 1 amide bonds. The lowest BCUT2D eigenvalue weighted by Crippen LogP contribution is -2.37. The first-order chi connectivity index (χ1) is 10.5. The predicted molar refractivity (Wildman–Crippen MR) is 86.8 cm³/mol. The molecule has 1 aromatic rings. The Morgan fingerprint density at radius 1 is 1.41 bits per heavy atom. The summed E-state index contributed by atoms with van der Waals surface area (Å²) in [6, 6.07) is 3.55. The molecule has 0 saturated heterocycles. The Bertz CT molecular complexity index is 582. The Morgan fingerprint density at radius 2 is 2.09 bits per heavy atom. The fourth-order valence-electron chi connectivity index (χ4n) is 2.85. The molecule has 1 aliphatic carbocycles. The van der Waals surface area contributed by atoms with Crippen LogP contribution < -0.4 is 10.1 Å². The molecule has 0 heterocycles. The van der Waals surface area contributed by atoms with Gasteiger partial charge in [-0.3, -0.25) is 9.59 Å². The number of carbonyl (C=O) groups is 2. The summed E-state index contributed by atoms with van der Waals surface area (Å²) >= 11 is 6.18. The minimum absolute atomic E-state index is 0.0281. The molecule has 22 heavy (non-hydrogen) atoms. The molecule has 2 rings (SSSR count). The van der Waals surface area contributed by atoms with E-state index in [0.717, 1.165) is 18.4 Å². The number of ether oxygens (including phenoxy) is 1. The maximum Gasteiger partial charge on any atom is 0.258 e. The summed E-state index contributed by atoms with van der Waals surface area (Å²) in [5.41, 5.74) is 1.37. The molecule has 0 spiro atoms.